The summed E-state index contributed by atoms with van der Waals surface area (Å²) in [6.07, 6.45) is 7.04. The number of aliphatic hydroxyl groups is 1. The molecule has 1 heterocycles. The molecule has 7 rings (SSSR count). The Hall–Kier alpha value is -3.26. The van der Waals surface area contributed by atoms with Crippen LogP contribution in [0.5, 0.6) is 0 Å². The van der Waals surface area contributed by atoms with Gasteiger partial charge in [0.2, 0.25) is 5.95 Å². The van der Waals surface area contributed by atoms with Crippen molar-refractivity contribution in [2.24, 2.45) is 11.8 Å². The first-order valence-corrected chi connectivity index (χ1v) is 12.4. The maximum Gasteiger partial charge on any atom is 0.322 e. The van der Waals surface area contributed by atoms with Crippen molar-refractivity contribution in [1.82, 2.24) is 15.3 Å². The molecule has 3 atom stereocenters. The fourth-order valence-corrected chi connectivity index (χ4v) is 7.02. The van der Waals surface area contributed by atoms with Crippen LogP contribution in [0.2, 0.25) is 0 Å². The van der Waals surface area contributed by atoms with E-state index >= 15 is 0 Å². The zero-order valence-corrected chi connectivity index (χ0v) is 19.7. The van der Waals surface area contributed by atoms with Gasteiger partial charge in [0.15, 0.2) is 0 Å². The first kappa shape index (κ1) is 22.2. The van der Waals surface area contributed by atoms with Crippen LogP contribution in [0.1, 0.15) is 57.1 Å². The molecule has 7 nitrogen and oxygen atoms in total. The minimum atomic E-state index is -0.636. The molecule has 35 heavy (non-hydrogen) atoms. The Morgan fingerprint density at radius 3 is 2.69 bits per heavy atom. The molecule has 4 fully saturated rings. The lowest BCUT2D eigenvalue weighted by atomic mass is 9.51. The fraction of sp³-hybridized carbons (Fsp3) is 0.444. The first-order chi connectivity index (χ1) is 16.8. The number of halogens is 1. The van der Waals surface area contributed by atoms with Gasteiger partial charge in [0.25, 0.3) is 0 Å². The van der Waals surface area contributed by atoms with E-state index in [1.807, 2.05) is 31.2 Å². The van der Waals surface area contributed by atoms with Crippen molar-refractivity contribution in [1.29, 1.82) is 0 Å². The number of benzene rings is 2. The van der Waals surface area contributed by atoms with Gasteiger partial charge in [-0.3, -0.25) is 5.32 Å². The smallest absolute Gasteiger partial charge is 0.322 e. The van der Waals surface area contributed by atoms with Crippen LogP contribution < -0.4 is 16.0 Å². The maximum absolute atomic E-state index is 13.6. The minimum Gasteiger partial charge on any atom is -0.390 e. The molecule has 4 bridgehead atoms. The third kappa shape index (κ3) is 4.43. The first-order valence-electron chi connectivity index (χ1n) is 12.4. The number of nitrogens with zero attached hydrogens (tertiary/aromatic N) is 2. The lowest BCUT2D eigenvalue weighted by molar-refractivity contribution is -0.138. The zero-order valence-electron chi connectivity index (χ0n) is 19.7. The molecular weight excluding hydrogens is 445 g/mol. The lowest BCUT2D eigenvalue weighted by Gasteiger charge is -2.60. The summed E-state index contributed by atoms with van der Waals surface area (Å²) in [5, 5.41) is 21.1. The minimum absolute atomic E-state index is 0.0940. The number of carbonyl (C=O) groups excluding carboxylic acids is 1. The van der Waals surface area contributed by atoms with Crippen LogP contribution in [0.4, 0.5) is 20.8 Å². The van der Waals surface area contributed by atoms with Crippen LogP contribution >= 0.6 is 0 Å². The Kier molecular flexibility index (Phi) is 5.18. The summed E-state index contributed by atoms with van der Waals surface area (Å²) in [5.74, 6) is 0.936. The maximum atomic E-state index is 13.6. The van der Waals surface area contributed by atoms with Gasteiger partial charge in [0.1, 0.15) is 5.82 Å². The number of aromatic nitrogens is 2. The Bertz CT molecular complexity index is 1280. The van der Waals surface area contributed by atoms with Gasteiger partial charge in [-0.25, -0.2) is 19.2 Å². The molecule has 8 heteroatoms. The van der Waals surface area contributed by atoms with Crippen molar-refractivity contribution in [3.63, 3.8) is 0 Å². The summed E-state index contributed by atoms with van der Waals surface area (Å²) in [6, 6.07) is 11.8. The fourth-order valence-electron chi connectivity index (χ4n) is 7.02. The molecule has 0 aliphatic heterocycles. The van der Waals surface area contributed by atoms with Crippen LogP contribution in [0.3, 0.4) is 0 Å². The summed E-state index contributed by atoms with van der Waals surface area (Å²) in [7, 11) is 0. The van der Waals surface area contributed by atoms with E-state index in [1.165, 1.54) is 12.1 Å². The van der Waals surface area contributed by atoms with Crippen molar-refractivity contribution in [3.8, 4) is 0 Å². The Balaban J connectivity index is 1.15. The summed E-state index contributed by atoms with van der Waals surface area (Å²) in [5.41, 5.74) is 1.40. The molecule has 3 aromatic rings. The zero-order chi connectivity index (χ0) is 24.2. The normalized spacial score (nSPS) is 29.7. The van der Waals surface area contributed by atoms with Gasteiger partial charge in [-0.05, 0) is 93.2 Å². The number of anilines is 2. The average molecular weight is 476 g/mol. The number of nitrogens with one attached hydrogen (secondary N) is 3. The monoisotopic (exact) mass is 475 g/mol. The van der Waals surface area contributed by atoms with Gasteiger partial charge in [-0.1, -0.05) is 12.1 Å². The second-order valence-corrected chi connectivity index (χ2v) is 10.9. The summed E-state index contributed by atoms with van der Waals surface area (Å²) >= 11 is 0. The van der Waals surface area contributed by atoms with Crippen LogP contribution in [-0.2, 0) is 0 Å². The van der Waals surface area contributed by atoms with E-state index in [1.54, 1.807) is 12.3 Å². The highest BCUT2D eigenvalue weighted by Crippen LogP contribution is 2.57. The number of fused-ring (bicyclic) bond motifs is 1. The van der Waals surface area contributed by atoms with Crippen LogP contribution in [0.25, 0.3) is 10.9 Å². The standard InChI is InChI=1S/C27H30FN5O2/c1-16(19-3-2-4-21(28)8-19)30-22-6-5-20-14-29-24(31-23(20)9-22)32-25(34)33-26-10-17-7-18(11-26)13-27(35,12-17)15-26/h2-6,8-9,14,16-18,30,35H,7,10-13,15H2,1H3,(H2,29,31,32,33,34)/t16-,17?,18?,26?,27?/m1/s1. The van der Waals surface area contributed by atoms with E-state index in [9.17, 15) is 14.3 Å². The molecule has 1 aromatic heterocycles. The Labute approximate surface area is 203 Å². The summed E-state index contributed by atoms with van der Waals surface area (Å²) in [4.78, 5) is 21.8. The topological polar surface area (TPSA) is 99.2 Å². The molecule has 4 aliphatic rings. The van der Waals surface area contributed by atoms with Crippen molar-refractivity contribution in [2.75, 3.05) is 10.6 Å². The highest BCUT2D eigenvalue weighted by molar-refractivity contribution is 5.90. The number of rotatable bonds is 5. The molecule has 2 amide bonds. The van der Waals surface area contributed by atoms with E-state index in [0.29, 0.717) is 23.8 Å². The molecule has 2 aromatic carbocycles. The highest BCUT2D eigenvalue weighted by atomic mass is 19.1. The molecular formula is C27H30FN5O2. The molecule has 4 aliphatic carbocycles. The lowest BCUT2D eigenvalue weighted by Crippen LogP contribution is -2.65. The molecule has 4 N–H and O–H groups in total. The van der Waals surface area contributed by atoms with Gasteiger partial charge in [-0.2, -0.15) is 0 Å². The summed E-state index contributed by atoms with van der Waals surface area (Å²) < 4.78 is 13.6. The van der Waals surface area contributed by atoms with Crippen LogP contribution in [0, 0.1) is 17.7 Å². The van der Waals surface area contributed by atoms with Gasteiger partial charge in [0.05, 0.1) is 11.1 Å². The van der Waals surface area contributed by atoms with E-state index in [-0.39, 0.29) is 29.4 Å². The number of carbonyl (C=O) groups is 1. The SMILES string of the molecule is C[C@@H](Nc1ccc2cnc(NC(=O)NC34CC5CC(CC(O)(C5)C3)C4)nc2c1)c1cccc(F)c1. The molecule has 0 spiro atoms. The van der Waals surface area contributed by atoms with Crippen molar-refractivity contribution < 1.29 is 14.3 Å². The van der Waals surface area contributed by atoms with E-state index < -0.39 is 5.60 Å². The van der Waals surface area contributed by atoms with E-state index in [4.69, 9.17) is 0 Å². The Morgan fingerprint density at radius 2 is 1.94 bits per heavy atom. The van der Waals surface area contributed by atoms with Gasteiger partial charge >= 0.3 is 6.03 Å². The van der Waals surface area contributed by atoms with Crippen molar-refractivity contribution >= 4 is 28.6 Å². The largest absolute Gasteiger partial charge is 0.390 e. The summed E-state index contributed by atoms with van der Waals surface area (Å²) in [6.45, 7) is 1.97. The second kappa shape index (κ2) is 8.16. The average Bonchev–Trinajstić information content (AvgIpc) is 2.76. The molecule has 4 saturated carbocycles. The predicted molar refractivity (Wildman–Crippen MR) is 132 cm³/mol. The van der Waals surface area contributed by atoms with Gasteiger partial charge in [-0.15, -0.1) is 0 Å². The van der Waals surface area contributed by atoms with Crippen molar-refractivity contribution in [2.45, 2.75) is 62.6 Å². The third-order valence-electron chi connectivity index (χ3n) is 7.95. The quantitative estimate of drug-likeness (QED) is 0.409. The second-order valence-electron chi connectivity index (χ2n) is 10.9. The number of hydrogen-bond donors (Lipinski definition) is 4. The molecule has 0 radical (unpaired) electrons. The van der Waals surface area contributed by atoms with E-state index in [2.05, 4.69) is 25.9 Å². The molecule has 2 unspecified atom stereocenters. The van der Waals surface area contributed by atoms with E-state index in [0.717, 1.165) is 48.7 Å². The van der Waals surface area contributed by atoms with Crippen LogP contribution in [-0.4, -0.2) is 32.2 Å². The van der Waals surface area contributed by atoms with Crippen LogP contribution in [0.15, 0.2) is 48.7 Å². The molecule has 0 saturated heterocycles. The van der Waals surface area contributed by atoms with Crippen molar-refractivity contribution in [3.05, 3.63) is 60.0 Å². The molecule has 182 valence electrons. The number of urea groups is 1. The predicted octanol–water partition coefficient (Wildman–Crippen LogP) is 5.15. The Morgan fingerprint density at radius 1 is 1.14 bits per heavy atom. The highest BCUT2D eigenvalue weighted by Gasteiger charge is 2.57. The van der Waals surface area contributed by atoms with Gasteiger partial charge in [0, 0.05) is 28.9 Å². The number of hydrogen-bond acceptors (Lipinski definition) is 5. The number of amides is 2. The van der Waals surface area contributed by atoms with Gasteiger partial charge < -0.3 is 15.7 Å². The third-order valence-corrected chi connectivity index (χ3v) is 7.95.